The number of hydrogen-bond donors (Lipinski definition) is 2. The number of hydrogen-bond acceptors (Lipinski definition) is 5. The fourth-order valence-corrected chi connectivity index (χ4v) is 3.97. The first kappa shape index (κ1) is 12.6. The van der Waals surface area contributed by atoms with Gasteiger partial charge in [-0.05, 0) is 32.1 Å². The van der Waals surface area contributed by atoms with Crippen LogP contribution in [-0.2, 0) is 4.74 Å². The Labute approximate surface area is 119 Å². The van der Waals surface area contributed by atoms with Gasteiger partial charge in [0.25, 0.3) is 0 Å². The van der Waals surface area contributed by atoms with Crippen molar-refractivity contribution in [2.45, 2.75) is 44.2 Å². The van der Waals surface area contributed by atoms with E-state index in [1.807, 2.05) is 0 Å². The molecule has 4 heterocycles. The average molecular weight is 277 g/mol. The zero-order valence-electron chi connectivity index (χ0n) is 12.0. The fourth-order valence-electron chi connectivity index (χ4n) is 3.97. The highest BCUT2D eigenvalue weighted by molar-refractivity contribution is 5.34. The minimum Gasteiger partial charge on any atom is -0.378 e. The molecule has 6 heteroatoms. The summed E-state index contributed by atoms with van der Waals surface area (Å²) in [4.78, 5) is 7.18. The molecule has 110 valence electrons. The summed E-state index contributed by atoms with van der Waals surface area (Å²) in [7, 11) is 0. The zero-order chi connectivity index (χ0) is 13.5. The molecule has 3 aliphatic heterocycles. The van der Waals surface area contributed by atoms with Crippen LogP contribution in [0.5, 0.6) is 0 Å². The molecule has 20 heavy (non-hydrogen) atoms. The molecule has 0 spiro atoms. The molecular weight excluding hydrogens is 254 g/mol. The molecule has 4 unspecified atom stereocenters. The number of nitrogens with zero attached hydrogens (tertiary/aromatic N) is 3. The minimum absolute atomic E-state index is 0.248. The van der Waals surface area contributed by atoms with Crippen LogP contribution in [0.15, 0.2) is 0 Å². The van der Waals surface area contributed by atoms with E-state index < -0.39 is 0 Å². The van der Waals surface area contributed by atoms with Gasteiger partial charge in [0.2, 0.25) is 5.95 Å². The molecule has 0 aliphatic carbocycles. The van der Waals surface area contributed by atoms with E-state index in [2.05, 4.69) is 27.3 Å². The van der Waals surface area contributed by atoms with Gasteiger partial charge in [-0.1, -0.05) is 0 Å². The summed E-state index contributed by atoms with van der Waals surface area (Å²) < 4.78 is 5.63. The largest absolute Gasteiger partial charge is 0.378 e. The van der Waals surface area contributed by atoms with Crippen molar-refractivity contribution >= 4 is 5.95 Å². The first-order chi connectivity index (χ1) is 9.83. The third-order valence-corrected chi connectivity index (χ3v) is 5.15. The number of aromatic nitrogens is 3. The summed E-state index contributed by atoms with van der Waals surface area (Å²) in [6.07, 6.45) is 3.87. The van der Waals surface area contributed by atoms with E-state index in [4.69, 9.17) is 9.72 Å². The Morgan fingerprint density at radius 3 is 3.10 bits per heavy atom. The second-order valence-corrected chi connectivity index (χ2v) is 6.31. The van der Waals surface area contributed by atoms with Crippen LogP contribution in [0.3, 0.4) is 0 Å². The molecule has 0 saturated carbocycles. The predicted molar refractivity (Wildman–Crippen MR) is 75.9 cm³/mol. The maximum absolute atomic E-state index is 5.63. The molecule has 6 nitrogen and oxygen atoms in total. The van der Waals surface area contributed by atoms with Crippen molar-refractivity contribution in [1.82, 2.24) is 20.5 Å². The number of ether oxygens (including phenoxy) is 1. The molecule has 3 aliphatic rings. The van der Waals surface area contributed by atoms with Crippen LogP contribution in [0.25, 0.3) is 0 Å². The van der Waals surface area contributed by atoms with Crippen LogP contribution in [-0.4, -0.2) is 53.6 Å². The van der Waals surface area contributed by atoms with Gasteiger partial charge in [0, 0.05) is 38.2 Å². The first-order valence-corrected chi connectivity index (χ1v) is 7.84. The molecule has 0 aromatic carbocycles. The van der Waals surface area contributed by atoms with Crippen molar-refractivity contribution in [2.24, 2.45) is 5.92 Å². The fraction of sp³-hybridized carbons (Fsp3) is 0.857. The van der Waals surface area contributed by atoms with Gasteiger partial charge >= 0.3 is 0 Å². The van der Waals surface area contributed by atoms with E-state index in [1.54, 1.807) is 0 Å². The number of nitrogens with one attached hydrogen (secondary N) is 2. The summed E-state index contributed by atoms with van der Waals surface area (Å²) in [5.41, 5.74) is 0. The van der Waals surface area contributed by atoms with Gasteiger partial charge in [0.1, 0.15) is 5.82 Å². The van der Waals surface area contributed by atoms with E-state index in [1.165, 1.54) is 12.8 Å². The van der Waals surface area contributed by atoms with Crippen LogP contribution in [0.1, 0.15) is 37.9 Å². The van der Waals surface area contributed by atoms with E-state index in [0.717, 1.165) is 50.4 Å². The summed E-state index contributed by atoms with van der Waals surface area (Å²) in [6.45, 7) is 6.25. The molecule has 0 amide bonds. The van der Waals surface area contributed by atoms with Crippen molar-refractivity contribution in [3.8, 4) is 0 Å². The van der Waals surface area contributed by atoms with Gasteiger partial charge in [0.15, 0.2) is 0 Å². The maximum Gasteiger partial charge on any atom is 0.245 e. The Morgan fingerprint density at radius 2 is 2.25 bits per heavy atom. The number of anilines is 1. The third-order valence-electron chi connectivity index (χ3n) is 5.15. The van der Waals surface area contributed by atoms with Crippen molar-refractivity contribution in [3.63, 3.8) is 0 Å². The maximum atomic E-state index is 5.63. The molecule has 3 saturated heterocycles. The van der Waals surface area contributed by atoms with Crippen molar-refractivity contribution in [1.29, 1.82) is 0 Å². The Balaban J connectivity index is 1.55. The van der Waals surface area contributed by atoms with Gasteiger partial charge in [0.05, 0.1) is 6.10 Å². The van der Waals surface area contributed by atoms with E-state index >= 15 is 0 Å². The van der Waals surface area contributed by atoms with Crippen molar-refractivity contribution in [3.05, 3.63) is 5.82 Å². The zero-order valence-corrected chi connectivity index (χ0v) is 12.0. The predicted octanol–water partition coefficient (Wildman–Crippen LogP) is 0.885. The Hall–Kier alpha value is -1.14. The van der Waals surface area contributed by atoms with Gasteiger partial charge < -0.3 is 15.0 Å². The summed E-state index contributed by atoms with van der Waals surface area (Å²) in [5, 5.41) is 11.1. The number of rotatable bonds is 2. The standard InChI is InChI=1S/C14H23N5O/c1-9-11(4-6-20-9)13-16-14(18-17-13)19-5-2-3-10-7-15-8-12(10)19/h9-12,15H,2-8H2,1H3,(H,16,17,18). The lowest BCUT2D eigenvalue weighted by Gasteiger charge is -2.36. The topological polar surface area (TPSA) is 66.1 Å². The lowest BCUT2D eigenvalue weighted by atomic mass is 9.92. The highest BCUT2D eigenvalue weighted by Crippen LogP contribution is 2.32. The smallest absolute Gasteiger partial charge is 0.245 e. The molecule has 4 atom stereocenters. The van der Waals surface area contributed by atoms with E-state index in [0.29, 0.717) is 12.0 Å². The van der Waals surface area contributed by atoms with Crippen LogP contribution in [0.2, 0.25) is 0 Å². The number of aromatic amines is 1. The van der Waals surface area contributed by atoms with E-state index in [9.17, 15) is 0 Å². The molecule has 0 bridgehead atoms. The number of H-pyrrole nitrogens is 1. The lowest BCUT2D eigenvalue weighted by Crippen LogP contribution is -2.45. The van der Waals surface area contributed by atoms with Crippen molar-refractivity contribution in [2.75, 3.05) is 31.1 Å². The van der Waals surface area contributed by atoms with Crippen molar-refractivity contribution < 1.29 is 4.74 Å². The first-order valence-electron chi connectivity index (χ1n) is 7.84. The number of fused-ring (bicyclic) bond motifs is 1. The normalized spacial score (nSPS) is 37.4. The Kier molecular flexibility index (Phi) is 3.15. The molecular formula is C14H23N5O. The number of piperidine rings is 1. The lowest BCUT2D eigenvalue weighted by molar-refractivity contribution is 0.117. The molecule has 2 N–H and O–H groups in total. The molecule has 1 aromatic rings. The summed E-state index contributed by atoms with van der Waals surface area (Å²) in [5.74, 6) is 3.02. The van der Waals surface area contributed by atoms with Gasteiger partial charge in [-0.25, -0.2) is 0 Å². The van der Waals surface area contributed by atoms with E-state index in [-0.39, 0.29) is 6.10 Å². The quantitative estimate of drug-likeness (QED) is 0.840. The highest BCUT2D eigenvalue weighted by Gasteiger charge is 2.37. The molecule has 0 radical (unpaired) electrons. The molecule has 4 rings (SSSR count). The van der Waals surface area contributed by atoms with Crippen LogP contribution >= 0.6 is 0 Å². The van der Waals surface area contributed by atoms with Gasteiger partial charge in [-0.15, -0.1) is 5.10 Å². The Morgan fingerprint density at radius 1 is 1.30 bits per heavy atom. The molecule has 1 aromatic heterocycles. The SMILES string of the molecule is CC1OCCC1c1nc(N2CCCC3CNCC32)n[nH]1. The van der Waals surface area contributed by atoms with Crippen LogP contribution < -0.4 is 10.2 Å². The minimum atomic E-state index is 0.248. The van der Waals surface area contributed by atoms with Crippen LogP contribution in [0, 0.1) is 5.92 Å². The second kappa shape index (κ2) is 5.00. The summed E-state index contributed by atoms with van der Waals surface area (Å²) >= 11 is 0. The summed E-state index contributed by atoms with van der Waals surface area (Å²) in [6, 6.07) is 0.574. The average Bonchev–Trinajstić information content (AvgIpc) is 3.17. The van der Waals surface area contributed by atoms with Gasteiger partial charge in [-0.3, -0.25) is 5.10 Å². The van der Waals surface area contributed by atoms with Gasteiger partial charge in [-0.2, -0.15) is 4.98 Å². The Bertz CT molecular complexity index is 476. The monoisotopic (exact) mass is 277 g/mol. The second-order valence-electron chi connectivity index (χ2n) is 6.31. The third kappa shape index (κ3) is 2.02. The van der Waals surface area contributed by atoms with Crippen LogP contribution in [0.4, 0.5) is 5.95 Å². The highest BCUT2D eigenvalue weighted by atomic mass is 16.5. The molecule has 3 fully saturated rings.